The van der Waals surface area contributed by atoms with Crippen LogP contribution >= 0.6 is 15.9 Å². The van der Waals surface area contributed by atoms with Crippen molar-refractivity contribution in [2.45, 2.75) is 61.2 Å². The number of nitrogens with one attached hydrogen (secondary N) is 3. The van der Waals surface area contributed by atoms with E-state index in [4.69, 9.17) is 0 Å². The molecule has 3 aliphatic heterocycles. The van der Waals surface area contributed by atoms with Crippen molar-refractivity contribution in [3.63, 3.8) is 0 Å². The van der Waals surface area contributed by atoms with Gasteiger partial charge in [0.1, 0.15) is 4.83 Å². The first-order valence-electron chi connectivity index (χ1n) is 10.3. The minimum Gasteiger partial charge on any atom is -0.299 e. The number of alkyl halides is 4. The van der Waals surface area contributed by atoms with Crippen molar-refractivity contribution in [2.24, 2.45) is 11.8 Å². The third-order valence-electron chi connectivity index (χ3n) is 7.01. The van der Waals surface area contributed by atoms with Gasteiger partial charge in [-0.3, -0.25) is 25.3 Å². The van der Waals surface area contributed by atoms with Gasteiger partial charge in [-0.15, -0.1) is 0 Å². The maximum Gasteiger partial charge on any atom is 0.392 e. The Labute approximate surface area is 172 Å². The summed E-state index contributed by atoms with van der Waals surface area (Å²) in [5.74, 6) is -1.50. The lowest BCUT2D eigenvalue weighted by Gasteiger charge is -2.44. The molecule has 160 valence electrons. The lowest BCUT2D eigenvalue weighted by atomic mass is 9.78. The van der Waals surface area contributed by atoms with Crippen LogP contribution in [-0.2, 0) is 4.79 Å². The fraction of sp³-hybridized carbons (Fsp3) is 0.944. The first kappa shape index (κ1) is 20.8. The number of hydrazine groups is 1. The highest BCUT2D eigenvalue weighted by Crippen LogP contribution is 2.42. The highest BCUT2D eigenvalue weighted by Gasteiger charge is 2.48. The molecule has 4 rings (SSSR count). The third kappa shape index (κ3) is 4.21. The summed E-state index contributed by atoms with van der Waals surface area (Å²) in [5.41, 5.74) is 5.58. The molecule has 0 aromatic rings. The fourth-order valence-electron chi connectivity index (χ4n) is 5.52. The van der Waals surface area contributed by atoms with E-state index in [-0.39, 0.29) is 41.2 Å². The fourth-order valence-corrected chi connectivity index (χ4v) is 6.15. The minimum atomic E-state index is -4.08. The van der Waals surface area contributed by atoms with Crippen molar-refractivity contribution in [2.75, 3.05) is 32.8 Å². The molecule has 3 N–H and O–H groups in total. The smallest absolute Gasteiger partial charge is 0.299 e. The second kappa shape index (κ2) is 8.37. The molecule has 0 aromatic heterocycles. The van der Waals surface area contributed by atoms with Crippen molar-refractivity contribution < 1.29 is 18.0 Å². The van der Waals surface area contributed by atoms with Crippen LogP contribution < -0.4 is 16.2 Å². The van der Waals surface area contributed by atoms with Gasteiger partial charge < -0.3 is 0 Å². The van der Waals surface area contributed by atoms with E-state index in [0.717, 1.165) is 25.9 Å². The summed E-state index contributed by atoms with van der Waals surface area (Å²) in [5, 5.41) is 3.51. The van der Waals surface area contributed by atoms with Gasteiger partial charge >= 0.3 is 6.18 Å². The van der Waals surface area contributed by atoms with Gasteiger partial charge in [0.25, 0.3) is 0 Å². The summed E-state index contributed by atoms with van der Waals surface area (Å²) < 4.78 is 40.3. The number of halogens is 4. The Morgan fingerprint density at radius 2 is 1.93 bits per heavy atom. The number of likely N-dealkylation sites (tertiary alicyclic amines) is 1. The Balaban J connectivity index is 1.36. The summed E-state index contributed by atoms with van der Waals surface area (Å²) in [6, 6.07) is 0.607. The van der Waals surface area contributed by atoms with Crippen molar-refractivity contribution in [3.8, 4) is 0 Å². The van der Waals surface area contributed by atoms with Crippen molar-refractivity contribution >= 4 is 21.8 Å². The quantitative estimate of drug-likeness (QED) is 0.548. The van der Waals surface area contributed by atoms with Crippen LogP contribution in [0, 0.1) is 11.8 Å². The molecule has 1 aliphatic carbocycles. The van der Waals surface area contributed by atoms with Crippen LogP contribution in [0.25, 0.3) is 0 Å². The van der Waals surface area contributed by atoms with Gasteiger partial charge in [0.15, 0.2) is 0 Å². The van der Waals surface area contributed by atoms with E-state index < -0.39 is 12.1 Å². The van der Waals surface area contributed by atoms with Gasteiger partial charge in [-0.1, -0.05) is 28.8 Å². The van der Waals surface area contributed by atoms with Crippen molar-refractivity contribution in [1.29, 1.82) is 0 Å². The highest BCUT2D eigenvalue weighted by molar-refractivity contribution is 9.10. The van der Waals surface area contributed by atoms with E-state index in [1.165, 1.54) is 0 Å². The van der Waals surface area contributed by atoms with E-state index in [1.54, 1.807) is 0 Å². The standard InChI is InChI=1S/C18H29BrF3N5O/c19-16-15(7-24-25-17(16)28)26-6-5-14-13(9-26)23-10-27(14)8-11-3-1-2-4-12(11)18(20,21)22/h11-16,23-24H,1-10H2,(H,25,28). The number of rotatable bonds is 3. The van der Waals surface area contributed by atoms with E-state index in [9.17, 15) is 18.0 Å². The lowest BCUT2D eigenvalue weighted by molar-refractivity contribution is -0.198. The predicted molar refractivity (Wildman–Crippen MR) is 103 cm³/mol. The Morgan fingerprint density at radius 1 is 1.14 bits per heavy atom. The molecule has 1 amide bonds. The van der Waals surface area contributed by atoms with Gasteiger partial charge in [0.2, 0.25) is 5.91 Å². The van der Waals surface area contributed by atoms with E-state index in [2.05, 4.69) is 41.9 Å². The average Bonchev–Trinajstić information content (AvgIpc) is 3.06. The molecular weight excluding hydrogens is 439 g/mol. The molecule has 6 unspecified atom stereocenters. The van der Waals surface area contributed by atoms with Crippen LogP contribution in [0.5, 0.6) is 0 Å². The number of fused-ring (bicyclic) bond motifs is 1. The predicted octanol–water partition coefficient (Wildman–Crippen LogP) is 1.43. The number of nitrogens with zero attached hydrogens (tertiary/aromatic N) is 2. The normalized spacial score (nSPS) is 40.9. The molecule has 6 atom stereocenters. The van der Waals surface area contributed by atoms with E-state index in [1.807, 2.05) is 0 Å². The van der Waals surface area contributed by atoms with Crippen molar-refractivity contribution in [3.05, 3.63) is 0 Å². The Morgan fingerprint density at radius 3 is 2.71 bits per heavy atom. The topological polar surface area (TPSA) is 59.6 Å². The molecule has 3 heterocycles. The van der Waals surface area contributed by atoms with Crippen LogP contribution in [0.15, 0.2) is 0 Å². The molecule has 0 spiro atoms. The molecule has 10 heteroatoms. The maximum absolute atomic E-state index is 13.4. The number of carbonyl (C=O) groups is 1. The number of amides is 1. The summed E-state index contributed by atoms with van der Waals surface area (Å²) in [4.78, 5) is 16.2. The van der Waals surface area contributed by atoms with Crippen molar-refractivity contribution in [1.82, 2.24) is 26.0 Å². The van der Waals surface area contributed by atoms with Crippen LogP contribution in [-0.4, -0.2) is 77.7 Å². The Bertz CT molecular complexity index is 580. The molecule has 0 radical (unpaired) electrons. The van der Waals surface area contributed by atoms with Gasteiger partial charge in [0, 0.05) is 51.0 Å². The lowest BCUT2D eigenvalue weighted by Crippen LogP contribution is -2.65. The summed E-state index contributed by atoms with van der Waals surface area (Å²) in [6.07, 6.45) is -0.612. The highest BCUT2D eigenvalue weighted by atomic mass is 79.9. The average molecular weight is 468 g/mol. The zero-order valence-electron chi connectivity index (χ0n) is 15.8. The summed E-state index contributed by atoms with van der Waals surface area (Å²) >= 11 is 3.50. The van der Waals surface area contributed by atoms with Gasteiger partial charge in [0.05, 0.1) is 5.92 Å². The molecular formula is C18H29BrF3N5O. The van der Waals surface area contributed by atoms with Crippen LogP contribution in [0.4, 0.5) is 13.2 Å². The second-order valence-corrected chi connectivity index (χ2v) is 9.61. The van der Waals surface area contributed by atoms with Crippen LogP contribution in [0.1, 0.15) is 32.1 Å². The molecule has 4 fully saturated rings. The van der Waals surface area contributed by atoms with Crippen LogP contribution in [0.3, 0.4) is 0 Å². The zero-order valence-corrected chi connectivity index (χ0v) is 17.4. The maximum atomic E-state index is 13.4. The second-order valence-electron chi connectivity index (χ2n) is 8.62. The summed E-state index contributed by atoms with van der Waals surface area (Å²) in [6.45, 7) is 3.54. The number of hydrogen-bond acceptors (Lipinski definition) is 5. The summed E-state index contributed by atoms with van der Waals surface area (Å²) in [7, 11) is 0. The number of hydrogen-bond donors (Lipinski definition) is 3. The number of piperidine rings is 1. The van der Waals surface area contributed by atoms with Gasteiger partial charge in [-0.05, 0) is 25.2 Å². The molecule has 0 bridgehead atoms. The monoisotopic (exact) mass is 467 g/mol. The Kier molecular flexibility index (Phi) is 6.23. The first-order valence-corrected chi connectivity index (χ1v) is 11.2. The third-order valence-corrected chi connectivity index (χ3v) is 8.04. The molecule has 0 aromatic carbocycles. The van der Waals surface area contributed by atoms with Gasteiger partial charge in [-0.25, -0.2) is 5.43 Å². The zero-order chi connectivity index (χ0) is 19.9. The first-order chi connectivity index (χ1) is 13.3. The molecule has 3 saturated heterocycles. The molecule has 1 saturated carbocycles. The molecule has 28 heavy (non-hydrogen) atoms. The SMILES string of the molecule is O=C1NNCC(N2CCC3C(C2)NCN3CC2CCCCC2C(F)(F)F)C1Br. The Hall–Kier alpha value is -0.420. The molecule has 4 aliphatic rings. The largest absolute Gasteiger partial charge is 0.392 e. The van der Waals surface area contributed by atoms with E-state index in [0.29, 0.717) is 32.6 Å². The molecule has 6 nitrogen and oxygen atoms in total. The van der Waals surface area contributed by atoms with Crippen LogP contribution in [0.2, 0.25) is 0 Å². The minimum absolute atomic E-state index is 0.0603. The number of carbonyl (C=O) groups excluding carboxylic acids is 1. The van der Waals surface area contributed by atoms with E-state index >= 15 is 0 Å². The van der Waals surface area contributed by atoms with Gasteiger partial charge in [-0.2, -0.15) is 13.2 Å².